The third-order valence-corrected chi connectivity index (χ3v) is 2.52. The second kappa shape index (κ2) is 5.39. The van der Waals surface area contributed by atoms with Crippen molar-refractivity contribution in [2.24, 2.45) is 0 Å². The summed E-state index contributed by atoms with van der Waals surface area (Å²) in [6.45, 7) is 3.05. The Hall–Kier alpha value is -1.56. The third-order valence-electron chi connectivity index (χ3n) is 2.52. The van der Waals surface area contributed by atoms with E-state index >= 15 is 0 Å². The minimum Gasteiger partial charge on any atom is -0.389 e. The Morgan fingerprint density at radius 1 is 1.17 bits per heavy atom. The Balaban J connectivity index is 2.73. The first-order chi connectivity index (χ1) is 8.21. The summed E-state index contributed by atoms with van der Waals surface area (Å²) in [6, 6.07) is 5.61. The van der Waals surface area contributed by atoms with Gasteiger partial charge in [0.15, 0.2) is 0 Å². The lowest BCUT2D eigenvalue weighted by molar-refractivity contribution is -0.174. The molecule has 0 bridgehead atoms. The lowest BCUT2D eigenvalue weighted by Crippen LogP contribution is -2.38. The number of halogens is 3. The topological polar surface area (TPSA) is 49.3 Å². The maximum atomic E-state index is 12.1. The van der Waals surface area contributed by atoms with Crippen LogP contribution in [0.1, 0.15) is 37.1 Å². The van der Waals surface area contributed by atoms with Crippen molar-refractivity contribution in [3.63, 3.8) is 0 Å². The molecule has 2 N–H and O–H groups in total. The summed E-state index contributed by atoms with van der Waals surface area (Å²) in [5.41, 5.74) is 1.20. The van der Waals surface area contributed by atoms with E-state index in [1.165, 1.54) is 6.92 Å². The van der Waals surface area contributed by atoms with Crippen molar-refractivity contribution in [2.45, 2.75) is 32.2 Å². The zero-order valence-corrected chi connectivity index (χ0v) is 9.95. The average molecular weight is 261 g/mol. The van der Waals surface area contributed by atoms with Crippen LogP contribution in [0.2, 0.25) is 0 Å². The minimum atomic E-state index is -4.88. The molecule has 0 aromatic heterocycles. The van der Waals surface area contributed by atoms with Crippen molar-refractivity contribution >= 4 is 5.91 Å². The number of carbonyl (C=O) groups excluding carboxylic acids is 1. The highest BCUT2D eigenvalue weighted by molar-refractivity contribution is 5.82. The molecule has 0 saturated carbocycles. The van der Waals surface area contributed by atoms with E-state index in [9.17, 15) is 23.1 Å². The molecule has 0 aliphatic carbocycles. The minimum absolute atomic E-state index is 0.539. The number of hydrogen-bond donors (Lipinski definition) is 2. The molecule has 2 atom stereocenters. The molecular formula is C12H14F3NO2. The van der Waals surface area contributed by atoms with Crippen molar-refractivity contribution in [1.29, 1.82) is 0 Å². The molecule has 0 radical (unpaired) electrons. The zero-order valence-electron chi connectivity index (χ0n) is 9.95. The van der Waals surface area contributed by atoms with E-state index in [0.29, 0.717) is 11.1 Å². The van der Waals surface area contributed by atoms with E-state index in [4.69, 9.17) is 0 Å². The summed E-state index contributed by atoms with van der Waals surface area (Å²) in [6.07, 6.45) is -5.52. The fourth-order valence-electron chi connectivity index (χ4n) is 1.43. The largest absolute Gasteiger partial charge is 0.471 e. The second-order valence-electron chi connectivity index (χ2n) is 4.04. The Morgan fingerprint density at radius 3 is 2.00 bits per heavy atom. The van der Waals surface area contributed by atoms with Gasteiger partial charge in [-0.1, -0.05) is 24.3 Å². The summed E-state index contributed by atoms with van der Waals surface area (Å²) >= 11 is 0. The highest BCUT2D eigenvalue weighted by Crippen LogP contribution is 2.20. The van der Waals surface area contributed by atoms with Crippen LogP contribution in [0.3, 0.4) is 0 Å². The zero-order chi connectivity index (χ0) is 13.9. The Labute approximate surface area is 103 Å². The van der Waals surface area contributed by atoms with Gasteiger partial charge in [-0.15, -0.1) is 0 Å². The van der Waals surface area contributed by atoms with Gasteiger partial charge in [-0.05, 0) is 25.0 Å². The standard InChI is InChI=1S/C12H14F3NO2/c1-7(16-11(18)12(13,14)15)9-3-5-10(6-4-9)8(2)17/h3-8,17H,1-2H3,(H,16,18)/t7-,8?/m0/s1. The number of amides is 1. The Bertz CT molecular complexity index is 412. The average Bonchev–Trinajstić information content (AvgIpc) is 2.27. The Kier molecular flexibility index (Phi) is 4.34. The number of rotatable bonds is 3. The molecule has 1 aromatic rings. The van der Waals surface area contributed by atoms with Crippen LogP contribution in [0.5, 0.6) is 0 Å². The molecule has 100 valence electrons. The number of benzene rings is 1. The summed E-state index contributed by atoms with van der Waals surface area (Å²) < 4.78 is 36.2. The van der Waals surface area contributed by atoms with Crippen molar-refractivity contribution < 1.29 is 23.1 Å². The molecule has 18 heavy (non-hydrogen) atoms. The molecule has 6 heteroatoms. The summed E-state index contributed by atoms with van der Waals surface area (Å²) in [4.78, 5) is 10.7. The summed E-state index contributed by atoms with van der Waals surface area (Å²) in [5.74, 6) is -1.96. The number of aliphatic hydroxyl groups is 1. The van der Waals surface area contributed by atoms with E-state index in [1.807, 2.05) is 5.32 Å². The van der Waals surface area contributed by atoms with Gasteiger partial charge in [0.25, 0.3) is 0 Å². The van der Waals surface area contributed by atoms with Gasteiger partial charge in [-0.2, -0.15) is 13.2 Å². The van der Waals surface area contributed by atoms with Crippen LogP contribution < -0.4 is 5.32 Å². The van der Waals surface area contributed by atoms with Crippen molar-refractivity contribution in [2.75, 3.05) is 0 Å². The lowest BCUT2D eigenvalue weighted by Gasteiger charge is -2.16. The molecule has 3 nitrogen and oxygen atoms in total. The molecule has 0 heterocycles. The molecule has 0 spiro atoms. The molecule has 1 aromatic carbocycles. The van der Waals surface area contributed by atoms with Crippen LogP contribution in [-0.2, 0) is 4.79 Å². The molecule has 0 aliphatic rings. The van der Waals surface area contributed by atoms with Crippen molar-refractivity contribution in [3.05, 3.63) is 35.4 Å². The first-order valence-electron chi connectivity index (χ1n) is 5.37. The lowest BCUT2D eigenvalue weighted by atomic mass is 10.0. The molecular weight excluding hydrogens is 247 g/mol. The summed E-state index contributed by atoms with van der Waals surface area (Å²) in [5, 5.41) is 11.1. The van der Waals surface area contributed by atoms with E-state index < -0.39 is 24.2 Å². The number of carbonyl (C=O) groups is 1. The van der Waals surface area contributed by atoms with E-state index in [2.05, 4.69) is 0 Å². The molecule has 1 amide bonds. The van der Waals surface area contributed by atoms with Crippen LogP contribution in [0.25, 0.3) is 0 Å². The molecule has 1 unspecified atom stereocenters. The third kappa shape index (κ3) is 3.73. The first-order valence-corrected chi connectivity index (χ1v) is 5.37. The normalized spacial score (nSPS) is 15.0. The van der Waals surface area contributed by atoms with E-state index in [-0.39, 0.29) is 0 Å². The maximum absolute atomic E-state index is 12.1. The second-order valence-corrected chi connectivity index (χ2v) is 4.04. The van der Waals surface area contributed by atoms with Gasteiger partial charge in [0, 0.05) is 0 Å². The number of alkyl halides is 3. The quantitative estimate of drug-likeness (QED) is 0.878. The Morgan fingerprint density at radius 2 is 1.61 bits per heavy atom. The first kappa shape index (κ1) is 14.5. The van der Waals surface area contributed by atoms with Crippen molar-refractivity contribution in [1.82, 2.24) is 5.32 Å². The van der Waals surface area contributed by atoms with Gasteiger partial charge in [-0.3, -0.25) is 4.79 Å². The predicted octanol–water partition coefficient (Wildman–Crippen LogP) is 2.48. The number of hydrogen-bond acceptors (Lipinski definition) is 2. The SMILES string of the molecule is CC(O)c1ccc([C@H](C)NC(=O)C(F)(F)F)cc1. The van der Waals surface area contributed by atoms with Gasteiger partial charge in [-0.25, -0.2) is 0 Å². The van der Waals surface area contributed by atoms with E-state index in [1.54, 1.807) is 31.2 Å². The monoisotopic (exact) mass is 261 g/mol. The van der Waals surface area contributed by atoms with Crippen LogP contribution in [-0.4, -0.2) is 17.2 Å². The highest BCUT2D eigenvalue weighted by atomic mass is 19.4. The summed E-state index contributed by atoms with van der Waals surface area (Å²) in [7, 11) is 0. The van der Waals surface area contributed by atoms with Gasteiger partial charge >= 0.3 is 12.1 Å². The van der Waals surface area contributed by atoms with Gasteiger partial charge in [0.2, 0.25) is 0 Å². The van der Waals surface area contributed by atoms with Crippen LogP contribution >= 0.6 is 0 Å². The van der Waals surface area contributed by atoms with Crippen LogP contribution in [0.15, 0.2) is 24.3 Å². The highest BCUT2D eigenvalue weighted by Gasteiger charge is 2.39. The molecule has 1 rings (SSSR count). The van der Waals surface area contributed by atoms with Gasteiger partial charge in [0.05, 0.1) is 12.1 Å². The molecule has 0 saturated heterocycles. The molecule has 0 fully saturated rings. The number of aliphatic hydroxyl groups excluding tert-OH is 1. The van der Waals surface area contributed by atoms with Crippen LogP contribution in [0, 0.1) is 0 Å². The fourth-order valence-corrected chi connectivity index (χ4v) is 1.43. The van der Waals surface area contributed by atoms with Gasteiger partial charge < -0.3 is 10.4 Å². The smallest absolute Gasteiger partial charge is 0.389 e. The maximum Gasteiger partial charge on any atom is 0.471 e. The number of nitrogens with one attached hydrogen (secondary N) is 1. The van der Waals surface area contributed by atoms with E-state index in [0.717, 1.165) is 0 Å². The fraction of sp³-hybridized carbons (Fsp3) is 0.417. The molecule has 0 aliphatic heterocycles. The van der Waals surface area contributed by atoms with Crippen molar-refractivity contribution in [3.8, 4) is 0 Å². The predicted molar refractivity (Wildman–Crippen MR) is 59.7 cm³/mol. The van der Waals surface area contributed by atoms with Gasteiger partial charge in [0.1, 0.15) is 0 Å². The van der Waals surface area contributed by atoms with Crippen LogP contribution in [0.4, 0.5) is 13.2 Å².